The van der Waals surface area contributed by atoms with Gasteiger partial charge in [-0.15, -0.1) is 11.3 Å². The number of benzene rings is 1. The van der Waals surface area contributed by atoms with Crippen LogP contribution >= 0.6 is 11.3 Å². The summed E-state index contributed by atoms with van der Waals surface area (Å²) in [5.74, 6) is -0.147. The Morgan fingerprint density at radius 3 is 3.00 bits per heavy atom. The van der Waals surface area contributed by atoms with Crippen molar-refractivity contribution in [3.8, 4) is 5.75 Å². The average Bonchev–Trinajstić information content (AvgIpc) is 3.01. The van der Waals surface area contributed by atoms with Crippen molar-refractivity contribution in [3.63, 3.8) is 0 Å². The van der Waals surface area contributed by atoms with Gasteiger partial charge >= 0.3 is 0 Å². The summed E-state index contributed by atoms with van der Waals surface area (Å²) >= 11 is 1.56. The molecule has 2 aromatic rings. The SMILES string of the molecule is COc1ccc(CN2CCNC(=O)[C@@H]2c2cccs2)cc1F. The maximum atomic E-state index is 13.8. The van der Waals surface area contributed by atoms with E-state index in [1.807, 2.05) is 23.6 Å². The molecule has 1 aliphatic heterocycles. The minimum Gasteiger partial charge on any atom is -0.494 e. The van der Waals surface area contributed by atoms with Crippen molar-refractivity contribution < 1.29 is 13.9 Å². The highest BCUT2D eigenvalue weighted by atomic mass is 32.1. The van der Waals surface area contributed by atoms with Gasteiger partial charge in [0, 0.05) is 24.5 Å². The number of carbonyl (C=O) groups is 1. The van der Waals surface area contributed by atoms with Crippen molar-refractivity contribution in [2.75, 3.05) is 20.2 Å². The largest absolute Gasteiger partial charge is 0.494 e. The van der Waals surface area contributed by atoms with E-state index < -0.39 is 0 Å². The molecule has 1 atom stereocenters. The Balaban J connectivity index is 1.83. The Morgan fingerprint density at radius 1 is 1.45 bits per heavy atom. The number of methoxy groups -OCH3 is 1. The zero-order valence-electron chi connectivity index (χ0n) is 12.2. The second-order valence-corrected chi connectivity index (χ2v) is 6.13. The molecule has 6 heteroatoms. The number of nitrogens with one attached hydrogen (secondary N) is 1. The second kappa shape index (κ2) is 6.46. The third-order valence-electron chi connectivity index (χ3n) is 3.73. The van der Waals surface area contributed by atoms with Crippen LogP contribution in [0.4, 0.5) is 4.39 Å². The van der Waals surface area contributed by atoms with E-state index in [1.54, 1.807) is 17.4 Å². The molecule has 1 amide bonds. The highest BCUT2D eigenvalue weighted by Crippen LogP contribution is 2.29. The number of ether oxygens (including phenoxy) is 1. The molecule has 0 aliphatic carbocycles. The standard InChI is InChI=1S/C16H17FN2O2S/c1-21-13-5-4-11(9-12(13)17)10-19-7-6-18-16(20)15(19)14-3-2-8-22-14/h2-5,8-9,15H,6-7,10H2,1H3,(H,18,20)/t15-/m0/s1. The molecule has 1 fully saturated rings. The summed E-state index contributed by atoms with van der Waals surface area (Å²) < 4.78 is 18.8. The molecule has 22 heavy (non-hydrogen) atoms. The van der Waals surface area contributed by atoms with Crippen LogP contribution < -0.4 is 10.1 Å². The zero-order chi connectivity index (χ0) is 15.5. The summed E-state index contributed by atoms with van der Waals surface area (Å²) in [5, 5.41) is 4.86. The fraction of sp³-hybridized carbons (Fsp3) is 0.312. The van der Waals surface area contributed by atoms with Gasteiger partial charge in [-0.3, -0.25) is 9.69 Å². The lowest BCUT2D eigenvalue weighted by atomic mass is 10.1. The highest BCUT2D eigenvalue weighted by Gasteiger charge is 2.31. The number of rotatable bonds is 4. The first kappa shape index (κ1) is 15.0. The molecule has 1 aliphatic rings. The van der Waals surface area contributed by atoms with Gasteiger partial charge in [0.15, 0.2) is 11.6 Å². The molecule has 4 nitrogen and oxygen atoms in total. The third-order valence-corrected chi connectivity index (χ3v) is 4.65. The van der Waals surface area contributed by atoms with E-state index in [4.69, 9.17) is 4.74 Å². The number of carbonyl (C=O) groups excluding carboxylic acids is 1. The monoisotopic (exact) mass is 320 g/mol. The van der Waals surface area contributed by atoms with E-state index in [2.05, 4.69) is 10.2 Å². The Morgan fingerprint density at radius 2 is 2.32 bits per heavy atom. The van der Waals surface area contributed by atoms with Crippen molar-refractivity contribution in [3.05, 3.63) is 52.0 Å². The van der Waals surface area contributed by atoms with E-state index in [-0.39, 0.29) is 23.5 Å². The fourth-order valence-electron chi connectivity index (χ4n) is 2.68. The first-order valence-corrected chi connectivity index (χ1v) is 7.94. The molecule has 0 radical (unpaired) electrons. The van der Waals surface area contributed by atoms with Crippen LogP contribution in [0.1, 0.15) is 16.5 Å². The number of halogens is 1. The fourth-order valence-corrected chi connectivity index (χ4v) is 3.54. The van der Waals surface area contributed by atoms with E-state index in [9.17, 15) is 9.18 Å². The predicted octanol–water partition coefficient (Wildman–Crippen LogP) is 2.57. The predicted molar refractivity (Wildman–Crippen MR) is 83.4 cm³/mol. The molecule has 116 valence electrons. The van der Waals surface area contributed by atoms with Gasteiger partial charge in [0.1, 0.15) is 6.04 Å². The number of hydrogen-bond donors (Lipinski definition) is 1. The van der Waals surface area contributed by atoms with Crippen molar-refractivity contribution in [1.29, 1.82) is 0 Å². The summed E-state index contributed by atoms with van der Waals surface area (Å²) in [6.45, 7) is 1.87. The molecular formula is C16H17FN2O2S. The maximum Gasteiger partial charge on any atom is 0.242 e. The van der Waals surface area contributed by atoms with Crippen molar-refractivity contribution >= 4 is 17.2 Å². The molecular weight excluding hydrogens is 303 g/mol. The van der Waals surface area contributed by atoms with Gasteiger partial charge < -0.3 is 10.1 Å². The smallest absolute Gasteiger partial charge is 0.242 e. The summed E-state index contributed by atoms with van der Waals surface area (Å²) in [4.78, 5) is 15.3. The third kappa shape index (κ3) is 2.98. The Bertz CT molecular complexity index is 660. The van der Waals surface area contributed by atoms with Crippen LogP contribution in [-0.2, 0) is 11.3 Å². The van der Waals surface area contributed by atoms with Crippen LogP contribution in [0, 0.1) is 5.82 Å². The lowest BCUT2D eigenvalue weighted by Crippen LogP contribution is -2.49. The van der Waals surface area contributed by atoms with Gasteiger partial charge in [-0.2, -0.15) is 0 Å². The Labute approximate surface area is 132 Å². The Hall–Kier alpha value is -1.92. The second-order valence-electron chi connectivity index (χ2n) is 5.15. The van der Waals surface area contributed by atoms with Crippen LogP contribution in [0.3, 0.4) is 0 Å². The topological polar surface area (TPSA) is 41.6 Å². The van der Waals surface area contributed by atoms with Crippen LogP contribution in [0.2, 0.25) is 0 Å². The molecule has 0 spiro atoms. The molecule has 1 aromatic heterocycles. The zero-order valence-corrected chi connectivity index (χ0v) is 13.0. The summed E-state index contributed by atoms with van der Waals surface area (Å²) in [5.41, 5.74) is 0.828. The van der Waals surface area contributed by atoms with Gasteiger partial charge in [-0.1, -0.05) is 12.1 Å². The quantitative estimate of drug-likeness (QED) is 0.941. The first-order chi connectivity index (χ1) is 10.7. The molecule has 1 saturated heterocycles. The molecule has 0 saturated carbocycles. The number of nitrogens with zero attached hydrogens (tertiary/aromatic N) is 1. The minimum absolute atomic E-state index is 0.00248. The maximum absolute atomic E-state index is 13.8. The lowest BCUT2D eigenvalue weighted by molar-refractivity contribution is -0.129. The van der Waals surface area contributed by atoms with Crippen molar-refractivity contribution in [2.24, 2.45) is 0 Å². The van der Waals surface area contributed by atoms with E-state index in [0.29, 0.717) is 13.1 Å². The van der Waals surface area contributed by atoms with Gasteiger partial charge in [0.05, 0.1) is 7.11 Å². The normalized spacial score (nSPS) is 19.0. The van der Waals surface area contributed by atoms with E-state index in [1.165, 1.54) is 13.2 Å². The van der Waals surface area contributed by atoms with E-state index in [0.717, 1.165) is 17.0 Å². The summed E-state index contributed by atoms with van der Waals surface area (Å²) in [7, 11) is 1.44. The lowest BCUT2D eigenvalue weighted by Gasteiger charge is -2.34. The van der Waals surface area contributed by atoms with Crippen LogP contribution in [0.5, 0.6) is 5.75 Å². The molecule has 2 heterocycles. The van der Waals surface area contributed by atoms with Crippen LogP contribution in [-0.4, -0.2) is 31.0 Å². The summed E-state index contributed by atoms with van der Waals surface area (Å²) in [6, 6.07) is 8.51. The number of thiophene rings is 1. The van der Waals surface area contributed by atoms with Gasteiger partial charge in [0.2, 0.25) is 5.91 Å². The molecule has 0 unspecified atom stereocenters. The first-order valence-electron chi connectivity index (χ1n) is 7.06. The summed E-state index contributed by atoms with van der Waals surface area (Å²) in [6.07, 6.45) is 0. The van der Waals surface area contributed by atoms with Crippen LogP contribution in [0.25, 0.3) is 0 Å². The average molecular weight is 320 g/mol. The van der Waals surface area contributed by atoms with Crippen molar-refractivity contribution in [1.82, 2.24) is 10.2 Å². The van der Waals surface area contributed by atoms with E-state index >= 15 is 0 Å². The molecule has 1 aromatic carbocycles. The van der Waals surface area contributed by atoms with Gasteiger partial charge in [-0.05, 0) is 29.1 Å². The van der Waals surface area contributed by atoms with Gasteiger partial charge in [-0.25, -0.2) is 4.39 Å². The number of hydrogen-bond acceptors (Lipinski definition) is 4. The number of amides is 1. The van der Waals surface area contributed by atoms with Crippen molar-refractivity contribution in [2.45, 2.75) is 12.6 Å². The van der Waals surface area contributed by atoms with Gasteiger partial charge in [0.25, 0.3) is 0 Å². The Kier molecular flexibility index (Phi) is 4.40. The molecule has 0 bridgehead atoms. The molecule has 3 rings (SSSR count). The van der Waals surface area contributed by atoms with Crippen LogP contribution in [0.15, 0.2) is 35.7 Å². The highest BCUT2D eigenvalue weighted by molar-refractivity contribution is 7.10. The number of piperazine rings is 1. The molecule has 1 N–H and O–H groups in total. The minimum atomic E-state index is -0.380.